The topological polar surface area (TPSA) is 3.24 Å². The van der Waals surface area contributed by atoms with E-state index in [1.54, 1.807) is 4.42 Å². The molecule has 0 N–H and O–H groups in total. The summed E-state index contributed by atoms with van der Waals surface area (Å²) < 4.78 is 1.67. The molecule has 0 aromatic heterocycles. The lowest BCUT2D eigenvalue weighted by Gasteiger charge is -2.20. The van der Waals surface area contributed by atoms with Crippen molar-refractivity contribution in [2.75, 3.05) is 11.0 Å². The van der Waals surface area contributed by atoms with Crippen molar-refractivity contribution in [1.82, 2.24) is 0 Å². The van der Waals surface area contributed by atoms with E-state index in [-0.39, 0.29) is 0 Å². The monoisotopic (exact) mass is 199 g/mol. The van der Waals surface area contributed by atoms with E-state index in [0.717, 1.165) is 22.8 Å². The number of anilines is 1. The second kappa shape index (κ2) is 3.00. The molecule has 1 nitrogen and oxygen atoms in total. The van der Waals surface area contributed by atoms with Crippen LogP contribution in [0.2, 0.25) is 5.02 Å². The highest BCUT2D eigenvalue weighted by atomic mass is 35.5. The van der Waals surface area contributed by atoms with Crippen molar-refractivity contribution in [2.45, 2.75) is 0 Å². The Bertz CT molecular complexity index is 333. The van der Waals surface area contributed by atoms with Gasteiger partial charge >= 0.3 is 0 Å². The molecule has 0 saturated carbocycles. The van der Waals surface area contributed by atoms with Crippen LogP contribution < -0.4 is 4.42 Å². The van der Waals surface area contributed by atoms with Gasteiger partial charge in [-0.2, -0.15) is 0 Å². The summed E-state index contributed by atoms with van der Waals surface area (Å²) in [6.45, 7) is 0.746. The maximum Gasteiger partial charge on any atom is 0.0600 e. The fourth-order valence-electron chi connectivity index (χ4n) is 1.25. The van der Waals surface area contributed by atoms with Crippen molar-refractivity contribution in [3.8, 4) is 0 Å². The van der Waals surface area contributed by atoms with Crippen LogP contribution in [0.15, 0.2) is 24.3 Å². The van der Waals surface area contributed by atoms with Crippen LogP contribution in [0.1, 0.15) is 5.56 Å². The highest BCUT2D eigenvalue weighted by molar-refractivity contribution is 6.31. The van der Waals surface area contributed by atoms with Crippen LogP contribution in [-0.4, -0.2) is 6.54 Å². The molecule has 0 radical (unpaired) electrons. The van der Waals surface area contributed by atoms with Gasteiger partial charge in [-0.15, -0.1) is 0 Å². The molecule has 1 aromatic rings. The molecule has 0 bridgehead atoms. The number of nitrogens with zero attached hydrogens (tertiary/aromatic N) is 1. The molecule has 1 heterocycles. The molecule has 0 fully saturated rings. The Morgan fingerprint density at radius 2 is 2.17 bits per heavy atom. The fraction of sp³-hybridized carbons (Fsp3) is 0.111. The van der Waals surface area contributed by atoms with Crippen molar-refractivity contribution in [2.24, 2.45) is 0 Å². The predicted octanol–water partition coefficient (Wildman–Crippen LogP) is 3.33. The van der Waals surface area contributed by atoms with E-state index >= 15 is 0 Å². The summed E-state index contributed by atoms with van der Waals surface area (Å²) in [6, 6.07) is 5.67. The summed E-state index contributed by atoms with van der Waals surface area (Å²) in [7, 11) is 0. The zero-order chi connectivity index (χ0) is 8.55. The molecule has 62 valence electrons. The Morgan fingerprint density at radius 3 is 3.00 bits per heavy atom. The first kappa shape index (κ1) is 7.96. The second-order valence-electron chi connectivity index (χ2n) is 2.65. The highest BCUT2D eigenvalue weighted by Gasteiger charge is 2.10. The SMILES string of the molecule is Clc1ccc2c(c1)C=CCN2Cl. The molecule has 2 rings (SSSR count). The number of hydrogen-bond acceptors (Lipinski definition) is 1. The van der Waals surface area contributed by atoms with E-state index in [1.165, 1.54) is 0 Å². The van der Waals surface area contributed by atoms with Gasteiger partial charge in [0.05, 0.1) is 12.2 Å². The fourth-order valence-corrected chi connectivity index (χ4v) is 1.66. The molecule has 1 aromatic carbocycles. The van der Waals surface area contributed by atoms with E-state index in [9.17, 15) is 0 Å². The average molecular weight is 200 g/mol. The normalized spacial score (nSPS) is 14.7. The van der Waals surface area contributed by atoms with E-state index in [1.807, 2.05) is 30.4 Å². The summed E-state index contributed by atoms with van der Waals surface area (Å²) in [5.74, 6) is 0. The minimum absolute atomic E-state index is 0.741. The molecule has 12 heavy (non-hydrogen) atoms. The standard InChI is InChI=1S/C9H7Cl2N/c10-8-3-4-9-7(6-8)2-1-5-12(9)11/h1-4,6H,5H2. The van der Waals surface area contributed by atoms with Crippen molar-refractivity contribution in [3.63, 3.8) is 0 Å². The number of rotatable bonds is 0. The molecule has 3 heteroatoms. The van der Waals surface area contributed by atoms with Gasteiger partial charge in [0.25, 0.3) is 0 Å². The van der Waals surface area contributed by atoms with Crippen molar-refractivity contribution in [3.05, 3.63) is 34.9 Å². The van der Waals surface area contributed by atoms with Crippen LogP contribution in [-0.2, 0) is 0 Å². The second-order valence-corrected chi connectivity index (χ2v) is 3.49. The van der Waals surface area contributed by atoms with Gasteiger partial charge in [-0.1, -0.05) is 23.8 Å². The summed E-state index contributed by atoms with van der Waals surface area (Å²) in [5, 5.41) is 0.741. The summed E-state index contributed by atoms with van der Waals surface area (Å²) in [6.07, 6.45) is 4.03. The van der Waals surface area contributed by atoms with Crippen LogP contribution in [0, 0.1) is 0 Å². The van der Waals surface area contributed by atoms with E-state index in [2.05, 4.69) is 0 Å². The third kappa shape index (κ3) is 1.30. The molecular formula is C9H7Cl2N. The summed E-state index contributed by atoms with van der Waals surface area (Å²) in [4.78, 5) is 0. The zero-order valence-corrected chi connectivity index (χ0v) is 7.81. The Kier molecular flexibility index (Phi) is 1.99. The third-order valence-corrected chi connectivity index (χ3v) is 2.37. The maximum atomic E-state index is 5.94. The largest absolute Gasteiger partial charge is 0.281 e. The van der Waals surface area contributed by atoms with Crippen LogP contribution in [0.4, 0.5) is 5.69 Å². The lowest BCUT2D eigenvalue weighted by atomic mass is 10.1. The molecule has 0 unspecified atom stereocenters. The molecule has 0 spiro atoms. The van der Waals surface area contributed by atoms with Gasteiger partial charge in [-0.3, -0.25) is 4.42 Å². The smallest absolute Gasteiger partial charge is 0.0600 e. The van der Waals surface area contributed by atoms with Crippen molar-refractivity contribution in [1.29, 1.82) is 0 Å². The molecular weight excluding hydrogens is 193 g/mol. The van der Waals surface area contributed by atoms with Gasteiger partial charge in [0, 0.05) is 22.4 Å². The van der Waals surface area contributed by atoms with Crippen LogP contribution >= 0.6 is 23.4 Å². The van der Waals surface area contributed by atoms with E-state index in [0.29, 0.717) is 0 Å². The van der Waals surface area contributed by atoms with Gasteiger partial charge in [-0.25, -0.2) is 0 Å². The Morgan fingerprint density at radius 1 is 1.33 bits per heavy atom. The lowest BCUT2D eigenvalue weighted by Crippen LogP contribution is -2.13. The molecule has 0 aliphatic carbocycles. The molecule has 1 aliphatic heterocycles. The van der Waals surface area contributed by atoms with Crippen LogP contribution in [0.5, 0.6) is 0 Å². The first-order valence-electron chi connectivity index (χ1n) is 3.67. The zero-order valence-electron chi connectivity index (χ0n) is 6.30. The van der Waals surface area contributed by atoms with Crippen molar-refractivity contribution >= 4 is 35.1 Å². The van der Waals surface area contributed by atoms with E-state index < -0.39 is 0 Å². The Hall–Kier alpha value is -0.660. The third-order valence-electron chi connectivity index (χ3n) is 1.81. The first-order valence-corrected chi connectivity index (χ1v) is 4.38. The van der Waals surface area contributed by atoms with Gasteiger partial charge in [-0.05, 0) is 18.2 Å². The Balaban J connectivity index is 2.55. The molecule has 0 amide bonds. The van der Waals surface area contributed by atoms with Gasteiger partial charge in [0.1, 0.15) is 0 Å². The van der Waals surface area contributed by atoms with Crippen LogP contribution in [0.3, 0.4) is 0 Å². The average Bonchev–Trinajstić information content (AvgIpc) is 2.04. The van der Waals surface area contributed by atoms with Gasteiger partial charge in [0.2, 0.25) is 0 Å². The molecule has 1 aliphatic rings. The maximum absolute atomic E-state index is 5.94. The number of hydrogen-bond donors (Lipinski definition) is 0. The highest BCUT2D eigenvalue weighted by Crippen LogP contribution is 2.29. The first-order chi connectivity index (χ1) is 5.77. The quantitative estimate of drug-likeness (QED) is 0.580. The number of fused-ring (bicyclic) bond motifs is 1. The minimum atomic E-state index is 0.741. The van der Waals surface area contributed by atoms with Crippen LogP contribution in [0.25, 0.3) is 6.08 Å². The van der Waals surface area contributed by atoms with E-state index in [4.69, 9.17) is 23.4 Å². The summed E-state index contributed by atoms with van der Waals surface area (Å²) >= 11 is 11.8. The summed E-state index contributed by atoms with van der Waals surface area (Å²) in [5.41, 5.74) is 2.09. The van der Waals surface area contributed by atoms with Gasteiger partial charge in [0.15, 0.2) is 0 Å². The molecule has 0 saturated heterocycles. The lowest BCUT2D eigenvalue weighted by molar-refractivity contribution is 1.18. The number of benzene rings is 1. The van der Waals surface area contributed by atoms with Gasteiger partial charge < -0.3 is 0 Å². The predicted molar refractivity (Wildman–Crippen MR) is 53.7 cm³/mol. The minimum Gasteiger partial charge on any atom is -0.281 e. The number of halogens is 2. The molecule has 0 atom stereocenters. The van der Waals surface area contributed by atoms with Crippen molar-refractivity contribution < 1.29 is 0 Å². The Labute approximate surface area is 81.3 Å².